The largest absolute Gasteiger partial charge is 0.476 e. The Bertz CT molecular complexity index is 435. The number of carboxylic acid groups (broad SMARTS) is 1. The Labute approximate surface area is 146 Å². The molecule has 7 heteroatoms. The maximum Gasteiger partial charge on any atom is 0.365 e. The maximum absolute atomic E-state index is 12.0. The Hall–Kier alpha value is 0.206. The summed E-state index contributed by atoms with van der Waals surface area (Å²) in [5, 5.41) is 10.2. The first-order valence-electron chi connectivity index (χ1n) is 5.09. The van der Waals surface area contributed by atoms with Crippen LogP contribution in [0.3, 0.4) is 0 Å². The Morgan fingerprint density at radius 1 is 1.59 bits per heavy atom. The van der Waals surface area contributed by atoms with Crippen molar-refractivity contribution in [2.75, 3.05) is 6.54 Å². The van der Waals surface area contributed by atoms with Crippen molar-refractivity contribution in [1.29, 1.82) is 0 Å². The molecular formula is C10H12KN2O3S. The van der Waals surface area contributed by atoms with E-state index in [1.165, 1.54) is 5.38 Å². The first-order chi connectivity index (χ1) is 7.59. The number of likely N-dealkylation sites (tertiary alicyclic amines) is 1. The van der Waals surface area contributed by atoms with Gasteiger partial charge in [-0.1, -0.05) is 0 Å². The van der Waals surface area contributed by atoms with Crippen LogP contribution in [-0.2, 0) is 0 Å². The number of aromatic carboxylic acids is 1. The van der Waals surface area contributed by atoms with Crippen molar-refractivity contribution in [1.82, 2.24) is 9.88 Å². The molecule has 1 aliphatic rings. The van der Waals surface area contributed by atoms with Gasteiger partial charge in [0.1, 0.15) is 5.69 Å². The Kier molecular flexibility index (Phi) is 5.74. The van der Waals surface area contributed by atoms with Crippen LogP contribution in [0.15, 0.2) is 5.38 Å². The van der Waals surface area contributed by atoms with Crippen LogP contribution in [0.2, 0.25) is 0 Å². The van der Waals surface area contributed by atoms with E-state index < -0.39 is 5.97 Å². The maximum atomic E-state index is 12.0. The molecule has 0 unspecified atom stereocenters. The third kappa shape index (κ3) is 3.36. The van der Waals surface area contributed by atoms with Crippen molar-refractivity contribution < 1.29 is 14.7 Å². The summed E-state index contributed by atoms with van der Waals surface area (Å²) >= 11 is 0.988. The van der Waals surface area contributed by atoms with Gasteiger partial charge in [0.15, 0.2) is 0 Å². The quantitative estimate of drug-likeness (QED) is 0.823. The fourth-order valence-corrected chi connectivity index (χ4v) is 2.48. The van der Waals surface area contributed by atoms with Gasteiger partial charge < -0.3 is 10.0 Å². The molecule has 2 rings (SSSR count). The molecule has 1 atom stereocenters. The normalized spacial score (nSPS) is 18.9. The molecule has 87 valence electrons. The Morgan fingerprint density at radius 3 is 2.76 bits per heavy atom. The van der Waals surface area contributed by atoms with Crippen LogP contribution in [0.1, 0.15) is 40.1 Å². The number of rotatable bonds is 2. The summed E-state index contributed by atoms with van der Waals surface area (Å²) in [6, 6.07) is 0.225. The summed E-state index contributed by atoms with van der Waals surface area (Å²) in [4.78, 5) is 28.2. The fraction of sp³-hybridized carbons (Fsp3) is 0.500. The number of nitrogens with zero attached hydrogens (tertiary/aromatic N) is 2. The number of thiazole rings is 1. The third-order valence-electron chi connectivity index (χ3n) is 2.72. The number of aromatic nitrogens is 1. The second kappa shape index (κ2) is 6.40. The Balaban J connectivity index is 0.00000144. The number of carbonyl (C=O) groups is 2. The molecule has 0 saturated carbocycles. The molecule has 17 heavy (non-hydrogen) atoms. The minimum Gasteiger partial charge on any atom is -0.476 e. The fourth-order valence-electron chi connectivity index (χ4n) is 1.85. The van der Waals surface area contributed by atoms with Gasteiger partial charge in [0.25, 0.3) is 5.91 Å². The number of hydrogen-bond acceptors (Lipinski definition) is 4. The molecule has 1 fully saturated rings. The molecule has 1 amide bonds. The van der Waals surface area contributed by atoms with E-state index in [1.54, 1.807) is 4.90 Å². The number of carbonyl (C=O) groups excluding carboxylic acids is 1. The number of hydrogen-bond donors (Lipinski definition) is 1. The average Bonchev–Trinajstić information content (AvgIpc) is 2.84. The zero-order valence-corrected chi connectivity index (χ0v) is 13.8. The van der Waals surface area contributed by atoms with Gasteiger partial charge in [-0.2, -0.15) is 0 Å². The molecule has 0 aliphatic carbocycles. The van der Waals surface area contributed by atoms with Gasteiger partial charge in [-0.3, -0.25) is 4.79 Å². The van der Waals surface area contributed by atoms with Crippen LogP contribution in [0, 0.1) is 0 Å². The second-order valence-electron chi connectivity index (χ2n) is 3.83. The zero-order valence-electron chi connectivity index (χ0n) is 9.84. The summed E-state index contributed by atoms with van der Waals surface area (Å²) in [6.45, 7) is 2.73. The zero-order chi connectivity index (χ0) is 11.7. The van der Waals surface area contributed by atoms with Gasteiger partial charge >= 0.3 is 5.97 Å². The van der Waals surface area contributed by atoms with Gasteiger partial charge in [-0.05, 0) is 19.8 Å². The molecule has 1 aliphatic heterocycles. The minimum atomic E-state index is -1.08. The molecule has 0 aromatic carbocycles. The van der Waals surface area contributed by atoms with E-state index in [-0.39, 0.29) is 74.0 Å². The van der Waals surface area contributed by atoms with E-state index in [2.05, 4.69) is 4.98 Å². The predicted octanol–water partition coefficient (Wildman–Crippen LogP) is 1.09. The predicted molar refractivity (Wildman–Crippen MR) is 64.6 cm³/mol. The van der Waals surface area contributed by atoms with E-state index in [9.17, 15) is 9.59 Å². The molecule has 5 nitrogen and oxygen atoms in total. The van der Waals surface area contributed by atoms with Crippen LogP contribution in [-0.4, -0.2) is 90.8 Å². The van der Waals surface area contributed by atoms with E-state index in [1.807, 2.05) is 6.92 Å². The Morgan fingerprint density at radius 2 is 2.29 bits per heavy atom. The first kappa shape index (κ1) is 15.3. The van der Waals surface area contributed by atoms with Crippen LogP contribution >= 0.6 is 11.3 Å². The van der Waals surface area contributed by atoms with E-state index >= 15 is 0 Å². The van der Waals surface area contributed by atoms with Crippen LogP contribution in [0.4, 0.5) is 0 Å². The van der Waals surface area contributed by atoms with Gasteiger partial charge in [-0.15, -0.1) is 11.3 Å². The van der Waals surface area contributed by atoms with Gasteiger partial charge in [0.05, 0.1) is 0 Å². The van der Waals surface area contributed by atoms with Crippen LogP contribution in [0.5, 0.6) is 0 Å². The number of carboxylic acids is 1. The van der Waals surface area contributed by atoms with Crippen molar-refractivity contribution in [2.24, 2.45) is 0 Å². The molecule has 2 heterocycles. The third-order valence-corrected chi connectivity index (χ3v) is 3.55. The summed E-state index contributed by atoms with van der Waals surface area (Å²) in [6.07, 6.45) is 2.00. The summed E-state index contributed by atoms with van der Waals surface area (Å²) in [5.74, 6) is -1.24. The minimum absolute atomic E-state index is 0. The average molecular weight is 279 g/mol. The van der Waals surface area contributed by atoms with E-state index in [0.29, 0.717) is 0 Å². The van der Waals surface area contributed by atoms with E-state index in [0.717, 1.165) is 30.7 Å². The first-order valence-corrected chi connectivity index (χ1v) is 5.97. The molecule has 1 aromatic rings. The summed E-state index contributed by atoms with van der Waals surface area (Å²) < 4.78 is 0. The van der Waals surface area contributed by atoms with Gasteiger partial charge in [0.2, 0.25) is 5.01 Å². The van der Waals surface area contributed by atoms with Gasteiger partial charge in [0, 0.05) is 69.4 Å². The van der Waals surface area contributed by atoms with E-state index in [4.69, 9.17) is 5.11 Å². The SMILES string of the molecule is C[C@H]1CCCN1C(=O)c1csc(C(=O)O)n1.[K]. The smallest absolute Gasteiger partial charge is 0.365 e. The summed E-state index contributed by atoms with van der Waals surface area (Å²) in [5.41, 5.74) is 0.246. The standard InChI is InChI=1S/C10H12N2O3S.K/c1-6-3-2-4-12(6)9(13)7-5-16-8(11-7)10(14)15;/h5-6H,2-4H2,1H3,(H,14,15);/t6-;/m0./s1. The molecule has 0 bridgehead atoms. The van der Waals surface area contributed by atoms with Crippen molar-refractivity contribution in [3.05, 3.63) is 16.1 Å². The molecule has 1 radical (unpaired) electrons. The molecule has 1 N–H and O–H groups in total. The monoisotopic (exact) mass is 279 g/mol. The molecule has 0 spiro atoms. The molecular weight excluding hydrogens is 267 g/mol. The molecule has 1 saturated heterocycles. The molecule has 1 aromatic heterocycles. The van der Waals surface area contributed by atoms with Crippen molar-refractivity contribution >= 4 is 74.6 Å². The number of amides is 1. The second-order valence-corrected chi connectivity index (χ2v) is 4.69. The van der Waals surface area contributed by atoms with Crippen molar-refractivity contribution in [3.8, 4) is 0 Å². The summed E-state index contributed by atoms with van der Waals surface area (Å²) in [7, 11) is 0. The van der Waals surface area contributed by atoms with Gasteiger partial charge in [-0.25, -0.2) is 9.78 Å². The van der Waals surface area contributed by atoms with Crippen LogP contribution < -0.4 is 0 Å². The van der Waals surface area contributed by atoms with Crippen molar-refractivity contribution in [3.63, 3.8) is 0 Å². The van der Waals surface area contributed by atoms with Crippen LogP contribution in [0.25, 0.3) is 0 Å². The topological polar surface area (TPSA) is 70.5 Å². The van der Waals surface area contributed by atoms with Crippen molar-refractivity contribution in [2.45, 2.75) is 25.8 Å².